The number of likely N-dealkylation sites (N-methyl/N-ethyl adjacent to an activating group) is 2. The van der Waals surface area contributed by atoms with Gasteiger partial charge < -0.3 is 15.6 Å². The van der Waals surface area contributed by atoms with Crippen LogP contribution in [0.1, 0.15) is 24.2 Å². The molecule has 3 N–H and O–H groups in total. The van der Waals surface area contributed by atoms with Gasteiger partial charge in [0.2, 0.25) is 0 Å². The van der Waals surface area contributed by atoms with E-state index in [0.29, 0.717) is 6.04 Å². The molecule has 0 saturated heterocycles. The molecule has 1 heterocycles. The second kappa shape index (κ2) is 5.34. The molecule has 0 aliphatic heterocycles. The Morgan fingerprint density at radius 1 is 1.29 bits per heavy atom. The van der Waals surface area contributed by atoms with Crippen molar-refractivity contribution in [2.75, 3.05) is 20.1 Å². The van der Waals surface area contributed by atoms with Crippen LogP contribution in [0.2, 0.25) is 0 Å². The Hall–Kier alpha value is -1.32. The van der Waals surface area contributed by atoms with Crippen LogP contribution in [-0.2, 0) is 0 Å². The third-order valence-corrected chi connectivity index (χ3v) is 3.24. The van der Waals surface area contributed by atoms with Gasteiger partial charge in [0.1, 0.15) is 0 Å². The van der Waals surface area contributed by atoms with E-state index in [1.54, 1.807) is 0 Å². The summed E-state index contributed by atoms with van der Waals surface area (Å²) in [5.74, 6) is 0. The maximum atomic E-state index is 3.45. The Balaban J connectivity index is 2.41. The summed E-state index contributed by atoms with van der Waals surface area (Å²) in [7, 11) is 2.02. The largest absolute Gasteiger partial charge is 0.358 e. The standard InChI is InChI=1S/C14H21N3/c1-4-16-9-13(15-3)14-10(2)17-12-8-6-5-7-11(12)14/h5-8,13,15-17H,4,9H2,1-3H3. The first-order valence-corrected chi connectivity index (χ1v) is 6.23. The van der Waals surface area contributed by atoms with E-state index in [0.717, 1.165) is 13.1 Å². The van der Waals surface area contributed by atoms with Gasteiger partial charge >= 0.3 is 0 Å². The number of aryl methyl sites for hydroxylation is 1. The minimum absolute atomic E-state index is 0.353. The van der Waals surface area contributed by atoms with Gasteiger partial charge in [-0.05, 0) is 32.1 Å². The number of para-hydroxylation sites is 1. The van der Waals surface area contributed by atoms with Crippen LogP contribution in [0, 0.1) is 6.92 Å². The van der Waals surface area contributed by atoms with Crippen LogP contribution in [0.15, 0.2) is 24.3 Å². The van der Waals surface area contributed by atoms with Crippen LogP contribution in [0.3, 0.4) is 0 Å². The van der Waals surface area contributed by atoms with E-state index in [4.69, 9.17) is 0 Å². The molecule has 0 aliphatic rings. The summed E-state index contributed by atoms with van der Waals surface area (Å²) in [5, 5.41) is 8.11. The van der Waals surface area contributed by atoms with E-state index >= 15 is 0 Å². The predicted molar refractivity (Wildman–Crippen MR) is 73.4 cm³/mol. The molecule has 1 aromatic heterocycles. The van der Waals surface area contributed by atoms with Gasteiger partial charge in [-0.15, -0.1) is 0 Å². The molecule has 0 spiro atoms. The number of hydrogen-bond acceptors (Lipinski definition) is 2. The van der Waals surface area contributed by atoms with E-state index < -0.39 is 0 Å². The number of H-pyrrole nitrogens is 1. The average molecular weight is 231 g/mol. The summed E-state index contributed by atoms with van der Waals surface area (Å²) in [6.45, 7) is 6.23. The minimum Gasteiger partial charge on any atom is -0.358 e. The zero-order chi connectivity index (χ0) is 12.3. The van der Waals surface area contributed by atoms with Gasteiger partial charge in [-0.3, -0.25) is 0 Å². The van der Waals surface area contributed by atoms with E-state index in [1.807, 2.05) is 7.05 Å². The van der Waals surface area contributed by atoms with Crippen LogP contribution in [0.25, 0.3) is 10.9 Å². The normalized spacial score (nSPS) is 13.1. The first-order chi connectivity index (χ1) is 8.27. The van der Waals surface area contributed by atoms with Gasteiger partial charge in [-0.2, -0.15) is 0 Å². The van der Waals surface area contributed by atoms with Crippen LogP contribution in [-0.4, -0.2) is 25.1 Å². The molecule has 0 fully saturated rings. The third-order valence-electron chi connectivity index (χ3n) is 3.24. The molecule has 0 radical (unpaired) electrons. The highest BCUT2D eigenvalue weighted by atomic mass is 15.0. The number of fused-ring (bicyclic) bond motifs is 1. The molecule has 1 aromatic carbocycles. The predicted octanol–water partition coefficient (Wildman–Crippen LogP) is 2.35. The Kier molecular flexibility index (Phi) is 3.82. The molecule has 2 rings (SSSR count). The molecule has 3 heteroatoms. The zero-order valence-electron chi connectivity index (χ0n) is 10.8. The Morgan fingerprint density at radius 2 is 2.06 bits per heavy atom. The Labute approximate surface area is 103 Å². The van der Waals surface area contributed by atoms with Gasteiger partial charge in [-0.25, -0.2) is 0 Å². The molecular formula is C14H21N3. The second-order valence-electron chi connectivity index (χ2n) is 4.36. The molecule has 17 heavy (non-hydrogen) atoms. The summed E-state index contributed by atoms with van der Waals surface area (Å²) >= 11 is 0. The number of aromatic nitrogens is 1. The van der Waals surface area contributed by atoms with Crippen molar-refractivity contribution in [1.29, 1.82) is 0 Å². The van der Waals surface area contributed by atoms with Crippen LogP contribution >= 0.6 is 0 Å². The van der Waals surface area contributed by atoms with Gasteiger partial charge in [0.05, 0.1) is 0 Å². The van der Waals surface area contributed by atoms with Gasteiger partial charge in [0, 0.05) is 29.2 Å². The molecule has 3 nitrogen and oxygen atoms in total. The fraction of sp³-hybridized carbons (Fsp3) is 0.429. The van der Waals surface area contributed by atoms with Gasteiger partial charge in [0.15, 0.2) is 0 Å². The van der Waals surface area contributed by atoms with Crippen molar-refractivity contribution in [1.82, 2.24) is 15.6 Å². The molecule has 0 aliphatic carbocycles. The quantitative estimate of drug-likeness (QED) is 0.739. The molecule has 0 bridgehead atoms. The van der Waals surface area contributed by atoms with E-state index in [-0.39, 0.29) is 0 Å². The first-order valence-electron chi connectivity index (χ1n) is 6.23. The number of benzene rings is 1. The summed E-state index contributed by atoms with van der Waals surface area (Å²) in [5.41, 5.74) is 3.85. The maximum absolute atomic E-state index is 3.45. The lowest BCUT2D eigenvalue weighted by Gasteiger charge is -2.17. The lowest BCUT2D eigenvalue weighted by atomic mass is 10.0. The highest BCUT2D eigenvalue weighted by Crippen LogP contribution is 2.27. The van der Waals surface area contributed by atoms with Crippen LogP contribution in [0.4, 0.5) is 0 Å². The number of rotatable bonds is 5. The lowest BCUT2D eigenvalue weighted by molar-refractivity contribution is 0.539. The van der Waals surface area contributed by atoms with Gasteiger partial charge in [0.25, 0.3) is 0 Å². The lowest BCUT2D eigenvalue weighted by Crippen LogP contribution is -2.29. The van der Waals surface area contributed by atoms with Crippen LogP contribution in [0.5, 0.6) is 0 Å². The maximum Gasteiger partial charge on any atom is 0.0468 e. The summed E-state index contributed by atoms with van der Waals surface area (Å²) < 4.78 is 0. The smallest absolute Gasteiger partial charge is 0.0468 e. The molecule has 0 amide bonds. The molecular weight excluding hydrogens is 210 g/mol. The second-order valence-corrected chi connectivity index (χ2v) is 4.36. The summed E-state index contributed by atoms with van der Waals surface area (Å²) in [4.78, 5) is 3.45. The van der Waals surface area contributed by atoms with Gasteiger partial charge in [-0.1, -0.05) is 25.1 Å². The summed E-state index contributed by atoms with van der Waals surface area (Å²) in [6, 6.07) is 8.84. The zero-order valence-corrected chi connectivity index (χ0v) is 10.8. The topological polar surface area (TPSA) is 39.8 Å². The average Bonchev–Trinajstić information content (AvgIpc) is 2.67. The molecule has 0 saturated carbocycles. The van der Waals surface area contributed by atoms with Crippen molar-refractivity contribution in [3.8, 4) is 0 Å². The monoisotopic (exact) mass is 231 g/mol. The van der Waals surface area contributed by atoms with E-state index in [2.05, 4.69) is 53.7 Å². The van der Waals surface area contributed by atoms with Crippen molar-refractivity contribution in [2.24, 2.45) is 0 Å². The first kappa shape index (κ1) is 12.1. The molecule has 1 unspecified atom stereocenters. The Morgan fingerprint density at radius 3 is 2.76 bits per heavy atom. The SMILES string of the molecule is CCNCC(NC)c1c(C)[nH]c2ccccc12. The summed E-state index contributed by atoms with van der Waals surface area (Å²) in [6.07, 6.45) is 0. The van der Waals surface area contributed by atoms with E-state index in [1.165, 1.54) is 22.2 Å². The van der Waals surface area contributed by atoms with Crippen molar-refractivity contribution < 1.29 is 0 Å². The van der Waals surface area contributed by atoms with Crippen LogP contribution < -0.4 is 10.6 Å². The highest BCUT2D eigenvalue weighted by Gasteiger charge is 2.16. The molecule has 2 aromatic rings. The molecule has 92 valence electrons. The molecule has 1 atom stereocenters. The fourth-order valence-electron chi connectivity index (χ4n) is 2.38. The minimum atomic E-state index is 0.353. The third kappa shape index (κ3) is 2.35. The number of nitrogens with one attached hydrogen (secondary N) is 3. The fourth-order valence-corrected chi connectivity index (χ4v) is 2.38. The number of hydrogen-bond donors (Lipinski definition) is 3. The number of aromatic amines is 1. The van der Waals surface area contributed by atoms with E-state index in [9.17, 15) is 0 Å². The van der Waals surface area contributed by atoms with Crippen molar-refractivity contribution in [3.63, 3.8) is 0 Å². The van der Waals surface area contributed by atoms with Crippen molar-refractivity contribution in [3.05, 3.63) is 35.5 Å². The Bertz CT molecular complexity index is 487. The van der Waals surface area contributed by atoms with Crippen molar-refractivity contribution >= 4 is 10.9 Å². The highest BCUT2D eigenvalue weighted by molar-refractivity contribution is 5.85. The van der Waals surface area contributed by atoms with Crippen molar-refractivity contribution in [2.45, 2.75) is 19.9 Å².